The van der Waals surface area contributed by atoms with Gasteiger partial charge in [0.05, 0.1) is 27.6 Å². The number of hydrogen-bond acceptors (Lipinski definition) is 6. The van der Waals surface area contributed by atoms with Crippen LogP contribution in [0.25, 0.3) is 0 Å². The molecule has 0 fully saturated rings. The maximum absolute atomic E-state index is 13.4. The third-order valence-electron chi connectivity index (χ3n) is 4.56. The number of rotatable bonds is 9. The summed E-state index contributed by atoms with van der Waals surface area (Å²) in [6, 6.07) is 18.3. The van der Waals surface area contributed by atoms with Gasteiger partial charge < -0.3 is 4.74 Å². The zero-order valence-electron chi connectivity index (χ0n) is 17.0. The highest BCUT2D eigenvalue weighted by molar-refractivity contribution is 7.92. The minimum Gasteiger partial charge on any atom is -0.491 e. The first kappa shape index (κ1) is 23.2. The van der Waals surface area contributed by atoms with Crippen molar-refractivity contribution in [1.82, 2.24) is 0 Å². The fourth-order valence-electron chi connectivity index (χ4n) is 3.02. The van der Waals surface area contributed by atoms with Gasteiger partial charge in [-0.05, 0) is 43.3 Å². The van der Waals surface area contributed by atoms with Crippen LogP contribution >= 0.6 is 11.6 Å². The molecule has 0 radical (unpaired) electrons. The molecule has 0 bridgehead atoms. The van der Waals surface area contributed by atoms with Gasteiger partial charge in [-0.3, -0.25) is 19.2 Å². The molecule has 10 heteroatoms. The van der Waals surface area contributed by atoms with Crippen LogP contribution in [0.5, 0.6) is 5.75 Å². The van der Waals surface area contributed by atoms with Gasteiger partial charge in [-0.25, -0.2) is 8.42 Å². The summed E-state index contributed by atoms with van der Waals surface area (Å²) >= 11 is 5.83. The average Bonchev–Trinajstić information content (AvgIpc) is 2.77. The van der Waals surface area contributed by atoms with Gasteiger partial charge in [0, 0.05) is 6.07 Å². The monoisotopic (exact) mass is 474 g/mol. The summed E-state index contributed by atoms with van der Waals surface area (Å²) in [4.78, 5) is 22.0. The van der Waals surface area contributed by atoms with E-state index in [2.05, 4.69) is 0 Å². The first-order valence-electron chi connectivity index (χ1n) is 9.46. The number of nitrogens with zero attached hydrogens (tertiary/aromatic N) is 2. The van der Waals surface area contributed by atoms with Crippen LogP contribution in [0, 0.1) is 10.1 Å². The molecule has 3 rings (SSSR count). The number of halogens is 1. The Morgan fingerprint density at radius 1 is 1.06 bits per heavy atom. The van der Waals surface area contributed by atoms with Gasteiger partial charge in [-0.2, -0.15) is 0 Å². The highest BCUT2D eigenvalue weighted by Gasteiger charge is 2.28. The van der Waals surface area contributed by atoms with Crippen LogP contribution < -0.4 is 9.04 Å². The van der Waals surface area contributed by atoms with Crippen molar-refractivity contribution in [1.29, 1.82) is 0 Å². The zero-order valence-corrected chi connectivity index (χ0v) is 18.5. The molecule has 3 aromatic rings. The largest absolute Gasteiger partial charge is 0.491 e. The fraction of sp³-hybridized carbons (Fsp3) is 0.136. The van der Waals surface area contributed by atoms with Crippen molar-refractivity contribution in [2.75, 3.05) is 17.5 Å². The number of anilines is 1. The van der Waals surface area contributed by atoms with Gasteiger partial charge in [0.15, 0.2) is 5.78 Å². The van der Waals surface area contributed by atoms with Gasteiger partial charge in [0.2, 0.25) is 0 Å². The third-order valence-corrected chi connectivity index (χ3v) is 6.71. The van der Waals surface area contributed by atoms with Crippen molar-refractivity contribution >= 4 is 38.8 Å². The summed E-state index contributed by atoms with van der Waals surface area (Å²) in [5.74, 6) is 0.161. The molecule has 166 valence electrons. The van der Waals surface area contributed by atoms with E-state index in [0.29, 0.717) is 17.0 Å². The number of carbonyl (C=O) groups is 1. The van der Waals surface area contributed by atoms with E-state index in [1.807, 2.05) is 0 Å². The number of nitro groups is 1. The average molecular weight is 475 g/mol. The number of ether oxygens (including phenoxy) is 1. The minimum absolute atomic E-state index is 0.0614. The van der Waals surface area contributed by atoms with Crippen LogP contribution in [0.15, 0.2) is 77.7 Å². The molecule has 0 unspecified atom stereocenters. The Morgan fingerprint density at radius 2 is 1.72 bits per heavy atom. The normalized spacial score (nSPS) is 11.1. The van der Waals surface area contributed by atoms with Crippen LogP contribution in [-0.2, 0) is 10.0 Å². The first-order chi connectivity index (χ1) is 15.2. The Morgan fingerprint density at radius 3 is 2.38 bits per heavy atom. The number of Topliss-reactive ketones (excluding diaryl/α,β-unsaturated/α-hetero) is 1. The highest BCUT2D eigenvalue weighted by atomic mass is 35.5. The molecule has 0 aliphatic heterocycles. The lowest BCUT2D eigenvalue weighted by Gasteiger charge is -2.24. The molecule has 0 atom stereocenters. The molecule has 0 aliphatic carbocycles. The molecule has 0 saturated heterocycles. The van der Waals surface area contributed by atoms with E-state index in [9.17, 15) is 23.3 Å². The third kappa shape index (κ3) is 5.06. The number of nitro benzene ring substituents is 1. The first-order valence-corrected chi connectivity index (χ1v) is 11.3. The predicted octanol–water partition coefficient (Wildman–Crippen LogP) is 4.73. The summed E-state index contributed by atoms with van der Waals surface area (Å²) in [6.07, 6.45) is 0. The van der Waals surface area contributed by atoms with E-state index in [0.717, 1.165) is 10.4 Å². The van der Waals surface area contributed by atoms with E-state index >= 15 is 0 Å². The molecule has 0 amide bonds. The summed E-state index contributed by atoms with van der Waals surface area (Å²) in [7, 11) is -4.18. The molecule has 0 spiro atoms. The lowest BCUT2D eigenvalue weighted by atomic mass is 10.1. The lowest BCUT2D eigenvalue weighted by Crippen LogP contribution is -2.34. The van der Waals surface area contributed by atoms with Crippen molar-refractivity contribution in [2.24, 2.45) is 0 Å². The van der Waals surface area contributed by atoms with Gasteiger partial charge in [-0.15, -0.1) is 0 Å². The van der Waals surface area contributed by atoms with E-state index in [1.165, 1.54) is 19.1 Å². The van der Waals surface area contributed by atoms with Gasteiger partial charge in [-0.1, -0.05) is 41.9 Å². The number of carbonyl (C=O) groups excluding carboxylic acids is 1. The SMILES string of the molecule is CC(=O)c1ccccc1OCCN(c1ccccc1)S(=O)(=O)c1ccc(Cl)c([N+](=O)[O-])c1. The summed E-state index contributed by atoms with van der Waals surface area (Å²) in [5, 5.41) is 11.1. The number of ketones is 1. The van der Waals surface area contributed by atoms with Gasteiger partial charge in [0.25, 0.3) is 15.7 Å². The zero-order chi connectivity index (χ0) is 23.3. The predicted molar refractivity (Wildman–Crippen MR) is 121 cm³/mol. The van der Waals surface area contributed by atoms with Crippen LogP contribution in [0.2, 0.25) is 5.02 Å². The van der Waals surface area contributed by atoms with Crippen LogP contribution in [0.3, 0.4) is 0 Å². The second kappa shape index (κ2) is 9.80. The maximum Gasteiger partial charge on any atom is 0.289 e. The van der Waals surface area contributed by atoms with Crippen molar-refractivity contribution in [3.05, 3.63) is 93.5 Å². The quantitative estimate of drug-likeness (QED) is 0.252. The Hall–Kier alpha value is -3.43. The minimum atomic E-state index is -4.18. The van der Waals surface area contributed by atoms with E-state index < -0.39 is 20.6 Å². The van der Waals surface area contributed by atoms with Crippen molar-refractivity contribution in [2.45, 2.75) is 11.8 Å². The number of para-hydroxylation sites is 2. The Balaban J connectivity index is 1.93. The molecular weight excluding hydrogens is 456 g/mol. The summed E-state index contributed by atoms with van der Waals surface area (Å²) < 4.78 is 33.6. The maximum atomic E-state index is 13.4. The Labute approximate surface area is 190 Å². The lowest BCUT2D eigenvalue weighted by molar-refractivity contribution is -0.384. The molecule has 3 aromatic carbocycles. The van der Waals surface area contributed by atoms with Crippen LogP contribution in [-0.4, -0.2) is 32.3 Å². The second-order valence-electron chi connectivity index (χ2n) is 6.68. The topological polar surface area (TPSA) is 107 Å². The molecule has 0 heterocycles. The van der Waals surface area contributed by atoms with Crippen LogP contribution in [0.4, 0.5) is 11.4 Å². The second-order valence-corrected chi connectivity index (χ2v) is 8.95. The molecule has 32 heavy (non-hydrogen) atoms. The molecule has 0 N–H and O–H groups in total. The number of sulfonamides is 1. The van der Waals surface area contributed by atoms with Crippen molar-refractivity contribution in [3.8, 4) is 5.75 Å². The van der Waals surface area contributed by atoms with Gasteiger partial charge in [0.1, 0.15) is 17.4 Å². The number of benzene rings is 3. The smallest absolute Gasteiger partial charge is 0.289 e. The van der Waals surface area contributed by atoms with Crippen molar-refractivity contribution in [3.63, 3.8) is 0 Å². The standard InChI is InChI=1S/C22H19ClN2O6S/c1-16(26)19-9-5-6-10-22(19)31-14-13-24(17-7-3-2-4-8-17)32(29,30)18-11-12-20(23)21(15-18)25(27)28/h2-12,15H,13-14H2,1H3. The molecule has 0 aromatic heterocycles. The van der Waals surface area contributed by atoms with Gasteiger partial charge >= 0.3 is 0 Å². The van der Waals surface area contributed by atoms with E-state index in [1.54, 1.807) is 54.6 Å². The summed E-state index contributed by atoms with van der Waals surface area (Å²) in [5.41, 5.74) is 0.232. The highest BCUT2D eigenvalue weighted by Crippen LogP contribution is 2.30. The number of hydrogen-bond donors (Lipinski definition) is 0. The van der Waals surface area contributed by atoms with Crippen molar-refractivity contribution < 1.29 is 22.9 Å². The molecule has 8 nitrogen and oxygen atoms in total. The van der Waals surface area contributed by atoms with Crippen LogP contribution in [0.1, 0.15) is 17.3 Å². The summed E-state index contributed by atoms with van der Waals surface area (Å²) in [6.45, 7) is 1.25. The Kier molecular flexibility index (Phi) is 7.12. The molecule has 0 saturated carbocycles. The van der Waals surface area contributed by atoms with E-state index in [-0.39, 0.29) is 28.9 Å². The fourth-order valence-corrected chi connectivity index (χ4v) is 4.68. The Bertz CT molecular complexity index is 1250. The molecule has 0 aliphatic rings. The van der Waals surface area contributed by atoms with E-state index in [4.69, 9.17) is 16.3 Å². The molecular formula is C22H19ClN2O6S.